The lowest BCUT2D eigenvalue weighted by molar-refractivity contribution is -0.0133. The molecule has 0 saturated carbocycles. The van der Waals surface area contributed by atoms with E-state index in [2.05, 4.69) is 71.2 Å². The quantitative estimate of drug-likeness (QED) is 0.432. The van der Waals surface area contributed by atoms with E-state index in [4.69, 9.17) is 13.8 Å². The van der Waals surface area contributed by atoms with E-state index in [9.17, 15) is 9.59 Å². The van der Waals surface area contributed by atoms with Crippen molar-refractivity contribution >= 4 is 16.6 Å². The molecule has 2 aliphatic heterocycles. The van der Waals surface area contributed by atoms with E-state index in [1.165, 1.54) is 4.57 Å². The standard InChI is InChI=1S/C24H44N3O5PSi/c1-16-14-26(22(29)25-21(16)28)20-13-18(19(30-20)15-34(9,10)24(6,7)8)32-33-27(23(3,4)5)12-11-17(2)31-33/h14,17-20H,11-13,15H2,1-10H3,(H,25,28,29)/t17-,18?,19?,20?,33?/m1/s1. The smallest absolute Gasteiger partial charge is 0.330 e. The van der Waals surface area contributed by atoms with Crippen LogP contribution in [0.4, 0.5) is 0 Å². The van der Waals surface area contributed by atoms with Gasteiger partial charge in [0.15, 0.2) is 0 Å². The van der Waals surface area contributed by atoms with Crippen LogP contribution >= 0.6 is 8.53 Å². The van der Waals surface area contributed by atoms with Crippen LogP contribution < -0.4 is 11.2 Å². The Kier molecular flexibility index (Phi) is 8.08. The van der Waals surface area contributed by atoms with E-state index >= 15 is 0 Å². The zero-order chi connectivity index (χ0) is 25.6. The molecule has 194 valence electrons. The third kappa shape index (κ3) is 6.10. The average Bonchev–Trinajstić information content (AvgIpc) is 3.04. The van der Waals surface area contributed by atoms with Gasteiger partial charge in [0, 0.05) is 30.3 Å². The number of nitrogens with one attached hydrogen (secondary N) is 1. The normalized spacial score (nSPS) is 29.5. The van der Waals surface area contributed by atoms with E-state index in [1.807, 2.05) is 0 Å². The molecule has 5 atom stereocenters. The Hall–Kier alpha value is -0.833. The minimum atomic E-state index is -1.71. The number of ether oxygens (including phenoxy) is 1. The van der Waals surface area contributed by atoms with E-state index in [0.29, 0.717) is 12.0 Å². The van der Waals surface area contributed by atoms with Gasteiger partial charge < -0.3 is 13.8 Å². The molecule has 0 radical (unpaired) electrons. The molecule has 8 nitrogen and oxygen atoms in total. The Labute approximate surface area is 206 Å². The maximum absolute atomic E-state index is 12.6. The number of hydrogen-bond acceptors (Lipinski definition) is 6. The zero-order valence-electron chi connectivity index (χ0n) is 22.6. The van der Waals surface area contributed by atoms with Gasteiger partial charge in [-0.15, -0.1) is 0 Å². The Morgan fingerprint density at radius 1 is 1.21 bits per heavy atom. The van der Waals surface area contributed by atoms with Gasteiger partial charge >= 0.3 is 5.69 Å². The molecule has 1 N–H and O–H groups in total. The zero-order valence-corrected chi connectivity index (χ0v) is 24.5. The van der Waals surface area contributed by atoms with Crippen molar-refractivity contribution < 1.29 is 13.8 Å². The van der Waals surface area contributed by atoms with Crippen molar-refractivity contribution in [1.29, 1.82) is 0 Å². The summed E-state index contributed by atoms with van der Waals surface area (Å²) in [6.45, 7) is 23.0. The summed E-state index contributed by atoms with van der Waals surface area (Å²) in [5, 5.41) is 0.197. The first-order valence-corrected chi connectivity index (χ1v) is 16.7. The van der Waals surface area contributed by atoms with Gasteiger partial charge in [-0.1, -0.05) is 33.9 Å². The predicted octanol–water partition coefficient (Wildman–Crippen LogP) is 5.16. The molecule has 0 amide bonds. The number of nitrogens with zero attached hydrogens (tertiary/aromatic N) is 2. The van der Waals surface area contributed by atoms with Gasteiger partial charge in [0.05, 0.1) is 26.4 Å². The summed E-state index contributed by atoms with van der Waals surface area (Å²) in [6.07, 6.45) is 2.44. The van der Waals surface area contributed by atoms with Crippen LogP contribution in [-0.2, 0) is 13.8 Å². The maximum atomic E-state index is 12.6. The van der Waals surface area contributed by atoms with Gasteiger partial charge in [-0.3, -0.25) is 14.3 Å². The van der Waals surface area contributed by atoms with Gasteiger partial charge in [-0.2, -0.15) is 0 Å². The van der Waals surface area contributed by atoms with Gasteiger partial charge in [-0.25, -0.2) is 9.46 Å². The van der Waals surface area contributed by atoms with E-state index in [0.717, 1.165) is 19.0 Å². The fourth-order valence-electron chi connectivity index (χ4n) is 4.20. The van der Waals surface area contributed by atoms with Crippen LogP contribution in [0.5, 0.6) is 0 Å². The third-order valence-corrected chi connectivity index (χ3v) is 15.3. The van der Waals surface area contributed by atoms with Gasteiger partial charge in [0.2, 0.25) is 0 Å². The average molecular weight is 514 g/mol. The molecule has 3 heterocycles. The number of aryl methyl sites for hydroxylation is 1. The van der Waals surface area contributed by atoms with Crippen molar-refractivity contribution in [2.75, 3.05) is 6.54 Å². The molecule has 2 saturated heterocycles. The fraction of sp³-hybridized carbons (Fsp3) is 0.833. The summed E-state index contributed by atoms with van der Waals surface area (Å²) in [7, 11) is -2.96. The molecule has 1 aromatic rings. The maximum Gasteiger partial charge on any atom is 0.330 e. The van der Waals surface area contributed by atoms with E-state index < -0.39 is 28.5 Å². The molecule has 10 heteroatoms. The second-order valence-electron chi connectivity index (χ2n) is 12.6. The predicted molar refractivity (Wildman–Crippen MR) is 140 cm³/mol. The number of rotatable bonds is 5. The molecule has 2 fully saturated rings. The highest BCUT2D eigenvalue weighted by molar-refractivity contribution is 7.44. The molecule has 4 unspecified atom stereocenters. The summed E-state index contributed by atoms with van der Waals surface area (Å²) in [5.41, 5.74) is -0.399. The number of hydrogen-bond donors (Lipinski definition) is 1. The van der Waals surface area contributed by atoms with Crippen LogP contribution in [0.25, 0.3) is 0 Å². The lowest BCUT2D eigenvalue weighted by Crippen LogP contribution is -2.45. The molecular weight excluding hydrogens is 469 g/mol. The minimum absolute atomic E-state index is 0.0768. The Balaban J connectivity index is 1.92. The largest absolute Gasteiger partial charge is 0.352 e. The molecule has 1 aromatic heterocycles. The topological polar surface area (TPSA) is 85.8 Å². The summed E-state index contributed by atoms with van der Waals surface area (Å²) < 4.78 is 23.5. The number of aromatic nitrogens is 2. The van der Waals surface area contributed by atoms with E-state index in [-0.39, 0.29) is 34.4 Å². The lowest BCUT2D eigenvalue weighted by atomic mass is 10.1. The van der Waals surface area contributed by atoms with E-state index in [1.54, 1.807) is 13.1 Å². The second kappa shape index (κ2) is 9.90. The second-order valence-corrected chi connectivity index (χ2v) is 19.6. The molecule has 0 aromatic carbocycles. The van der Waals surface area contributed by atoms with Crippen molar-refractivity contribution in [3.63, 3.8) is 0 Å². The van der Waals surface area contributed by atoms with Crippen molar-refractivity contribution in [3.05, 3.63) is 32.6 Å². The van der Waals surface area contributed by atoms with Crippen LogP contribution in [0.2, 0.25) is 24.2 Å². The van der Waals surface area contributed by atoms with Crippen molar-refractivity contribution in [2.45, 2.75) is 122 Å². The molecule has 3 rings (SSSR count). The Bertz CT molecular complexity index is 981. The molecular formula is C24H44N3O5PSi. The first kappa shape index (κ1) is 27.7. The molecule has 0 bridgehead atoms. The van der Waals surface area contributed by atoms with Gasteiger partial charge in [-0.05, 0) is 52.1 Å². The molecule has 34 heavy (non-hydrogen) atoms. The van der Waals surface area contributed by atoms with Crippen molar-refractivity contribution in [1.82, 2.24) is 14.2 Å². The highest BCUT2D eigenvalue weighted by atomic mass is 31.2. The van der Waals surface area contributed by atoms with Crippen LogP contribution in [0.3, 0.4) is 0 Å². The molecule has 2 aliphatic rings. The third-order valence-electron chi connectivity index (χ3n) is 7.59. The number of H-pyrrole nitrogens is 1. The SMILES string of the molecule is Cc1cn(C2CC(OP3O[C@H](C)CCN3C(C)(C)C)C(C[Si](C)(C)C(C)(C)C)O2)c(=O)[nH]c1=O. The van der Waals surface area contributed by atoms with Crippen molar-refractivity contribution in [2.24, 2.45) is 0 Å². The van der Waals surface area contributed by atoms with Crippen molar-refractivity contribution in [3.8, 4) is 0 Å². The number of aromatic amines is 1. The first-order chi connectivity index (χ1) is 15.5. The van der Waals surface area contributed by atoms with Gasteiger partial charge in [0.1, 0.15) is 6.23 Å². The molecule has 0 spiro atoms. The Morgan fingerprint density at radius 2 is 1.85 bits per heavy atom. The van der Waals surface area contributed by atoms with Gasteiger partial charge in [0.25, 0.3) is 14.1 Å². The van der Waals surface area contributed by atoms with Crippen LogP contribution in [0.1, 0.15) is 73.1 Å². The summed E-state index contributed by atoms with van der Waals surface area (Å²) >= 11 is 0. The highest BCUT2D eigenvalue weighted by Gasteiger charge is 2.47. The monoisotopic (exact) mass is 513 g/mol. The summed E-state index contributed by atoms with van der Waals surface area (Å²) in [4.78, 5) is 26.9. The van der Waals surface area contributed by atoms with Crippen LogP contribution in [0.15, 0.2) is 15.8 Å². The summed E-state index contributed by atoms with van der Waals surface area (Å²) in [5.74, 6) is 0. The minimum Gasteiger partial charge on any atom is -0.352 e. The molecule has 0 aliphatic carbocycles. The summed E-state index contributed by atoms with van der Waals surface area (Å²) in [6, 6.07) is 0.920. The highest BCUT2D eigenvalue weighted by Crippen LogP contribution is 2.55. The van der Waals surface area contributed by atoms with Crippen LogP contribution in [-0.4, -0.2) is 52.7 Å². The fourth-order valence-corrected chi connectivity index (χ4v) is 8.09. The lowest BCUT2D eigenvalue weighted by Gasteiger charge is -2.45. The Morgan fingerprint density at radius 3 is 2.44 bits per heavy atom. The first-order valence-electron chi connectivity index (χ1n) is 12.4. The van der Waals surface area contributed by atoms with Crippen LogP contribution in [0, 0.1) is 6.92 Å².